The Bertz CT molecular complexity index is 369. The van der Waals surface area contributed by atoms with Gasteiger partial charge >= 0.3 is 5.97 Å². The highest BCUT2D eigenvalue weighted by Gasteiger charge is 2.42. The van der Waals surface area contributed by atoms with Crippen molar-refractivity contribution >= 4 is 17.8 Å². The molecule has 0 aromatic rings. The Labute approximate surface area is 105 Å². The van der Waals surface area contributed by atoms with Gasteiger partial charge in [-0.25, -0.2) is 0 Å². The molecule has 2 fully saturated rings. The van der Waals surface area contributed by atoms with Gasteiger partial charge in [0.25, 0.3) is 0 Å². The Morgan fingerprint density at radius 1 is 1.39 bits per heavy atom. The molecule has 2 atom stereocenters. The van der Waals surface area contributed by atoms with Crippen molar-refractivity contribution in [2.24, 2.45) is 5.92 Å². The van der Waals surface area contributed by atoms with Crippen LogP contribution in [0.15, 0.2) is 0 Å². The van der Waals surface area contributed by atoms with E-state index in [1.165, 1.54) is 0 Å². The number of hydrogen-bond acceptors (Lipinski definition) is 3. The number of carboxylic acids is 1. The van der Waals surface area contributed by atoms with Crippen LogP contribution in [0.25, 0.3) is 0 Å². The summed E-state index contributed by atoms with van der Waals surface area (Å²) in [5.74, 6) is -0.926. The molecule has 0 aromatic carbocycles. The highest BCUT2D eigenvalue weighted by molar-refractivity contribution is 5.84. The zero-order valence-corrected chi connectivity index (χ0v) is 10.2. The number of nitrogens with zero attached hydrogens (tertiary/aromatic N) is 1. The molecule has 2 saturated heterocycles. The minimum absolute atomic E-state index is 0.0187. The van der Waals surface area contributed by atoms with Gasteiger partial charge in [-0.3, -0.25) is 14.4 Å². The third-order valence-electron chi connectivity index (χ3n) is 3.70. The van der Waals surface area contributed by atoms with Gasteiger partial charge in [-0.15, -0.1) is 0 Å². The Morgan fingerprint density at radius 2 is 2.17 bits per heavy atom. The average molecular weight is 254 g/mol. The topological polar surface area (TPSA) is 86.7 Å². The molecule has 100 valence electrons. The predicted molar refractivity (Wildman–Crippen MR) is 62.7 cm³/mol. The van der Waals surface area contributed by atoms with E-state index in [9.17, 15) is 14.4 Å². The molecule has 2 rings (SSSR count). The van der Waals surface area contributed by atoms with E-state index in [4.69, 9.17) is 5.11 Å². The summed E-state index contributed by atoms with van der Waals surface area (Å²) >= 11 is 0. The van der Waals surface area contributed by atoms with Crippen molar-refractivity contribution in [3.05, 3.63) is 0 Å². The Kier molecular flexibility index (Phi) is 3.84. The first-order valence-electron chi connectivity index (χ1n) is 6.38. The lowest BCUT2D eigenvalue weighted by molar-refractivity contribution is -0.138. The molecular weight excluding hydrogens is 236 g/mol. The SMILES string of the molecule is O=C(O)CCCC(=O)N1CCCC2C(=O)NCC21. The van der Waals surface area contributed by atoms with Crippen LogP contribution in [0.5, 0.6) is 0 Å². The Morgan fingerprint density at radius 3 is 2.89 bits per heavy atom. The molecule has 0 radical (unpaired) electrons. The zero-order valence-electron chi connectivity index (χ0n) is 10.2. The number of amides is 2. The molecule has 2 N–H and O–H groups in total. The number of aliphatic carboxylic acids is 1. The fraction of sp³-hybridized carbons (Fsp3) is 0.750. The van der Waals surface area contributed by atoms with Crippen molar-refractivity contribution in [3.63, 3.8) is 0 Å². The van der Waals surface area contributed by atoms with Crippen LogP contribution in [0.4, 0.5) is 0 Å². The number of carbonyl (C=O) groups excluding carboxylic acids is 2. The quantitative estimate of drug-likeness (QED) is 0.738. The average Bonchev–Trinajstić information content (AvgIpc) is 2.71. The molecule has 0 aliphatic carbocycles. The van der Waals surface area contributed by atoms with Gasteiger partial charge in [0.2, 0.25) is 11.8 Å². The van der Waals surface area contributed by atoms with Crippen molar-refractivity contribution in [3.8, 4) is 0 Å². The maximum atomic E-state index is 12.0. The normalized spacial score (nSPS) is 26.7. The molecule has 2 heterocycles. The van der Waals surface area contributed by atoms with E-state index in [0.29, 0.717) is 19.5 Å². The lowest BCUT2D eigenvalue weighted by Crippen LogP contribution is -2.48. The number of hydrogen-bond donors (Lipinski definition) is 2. The van der Waals surface area contributed by atoms with Crippen molar-refractivity contribution in [1.29, 1.82) is 0 Å². The number of rotatable bonds is 4. The maximum absolute atomic E-state index is 12.0. The summed E-state index contributed by atoms with van der Waals surface area (Å²) in [5, 5.41) is 11.3. The Balaban J connectivity index is 1.89. The van der Waals surface area contributed by atoms with Crippen LogP contribution >= 0.6 is 0 Å². The molecule has 6 nitrogen and oxygen atoms in total. The number of carboxylic acid groups (broad SMARTS) is 1. The molecule has 2 aliphatic rings. The minimum atomic E-state index is -0.878. The largest absolute Gasteiger partial charge is 0.481 e. The van der Waals surface area contributed by atoms with E-state index in [2.05, 4.69) is 5.32 Å². The van der Waals surface area contributed by atoms with Crippen molar-refractivity contribution < 1.29 is 19.5 Å². The number of piperidine rings is 1. The summed E-state index contributed by atoms with van der Waals surface area (Å²) in [7, 11) is 0. The van der Waals surface area contributed by atoms with Gasteiger partial charge in [-0.1, -0.05) is 0 Å². The van der Waals surface area contributed by atoms with Gasteiger partial charge < -0.3 is 15.3 Å². The highest BCUT2D eigenvalue weighted by Crippen LogP contribution is 2.27. The summed E-state index contributed by atoms with van der Waals surface area (Å²) < 4.78 is 0. The summed E-state index contributed by atoms with van der Waals surface area (Å²) in [5.41, 5.74) is 0. The minimum Gasteiger partial charge on any atom is -0.481 e. The number of likely N-dealkylation sites (tertiary alicyclic amines) is 1. The van der Waals surface area contributed by atoms with Gasteiger partial charge in [-0.2, -0.15) is 0 Å². The van der Waals surface area contributed by atoms with E-state index in [0.717, 1.165) is 12.8 Å². The zero-order chi connectivity index (χ0) is 13.1. The van der Waals surface area contributed by atoms with Gasteiger partial charge in [0.15, 0.2) is 0 Å². The van der Waals surface area contributed by atoms with Crippen LogP contribution in [-0.2, 0) is 14.4 Å². The van der Waals surface area contributed by atoms with Gasteiger partial charge in [0.1, 0.15) is 0 Å². The van der Waals surface area contributed by atoms with E-state index >= 15 is 0 Å². The van der Waals surface area contributed by atoms with Crippen LogP contribution < -0.4 is 5.32 Å². The molecule has 0 spiro atoms. The molecule has 0 saturated carbocycles. The van der Waals surface area contributed by atoms with Crippen LogP contribution in [0.2, 0.25) is 0 Å². The maximum Gasteiger partial charge on any atom is 0.303 e. The number of carbonyl (C=O) groups is 3. The first-order chi connectivity index (χ1) is 8.59. The van der Waals surface area contributed by atoms with Crippen molar-refractivity contribution in [2.75, 3.05) is 13.1 Å². The second-order valence-corrected chi connectivity index (χ2v) is 4.90. The second-order valence-electron chi connectivity index (χ2n) is 4.90. The molecule has 2 aliphatic heterocycles. The number of fused-ring (bicyclic) bond motifs is 1. The van der Waals surface area contributed by atoms with E-state index in [1.54, 1.807) is 4.90 Å². The van der Waals surface area contributed by atoms with Crippen molar-refractivity contribution in [1.82, 2.24) is 10.2 Å². The fourth-order valence-electron chi connectivity index (χ4n) is 2.80. The summed E-state index contributed by atoms with van der Waals surface area (Å²) in [4.78, 5) is 35.7. The smallest absolute Gasteiger partial charge is 0.303 e. The molecule has 0 bridgehead atoms. The highest BCUT2D eigenvalue weighted by atomic mass is 16.4. The first kappa shape index (κ1) is 12.9. The van der Waals surface area contributed by atoms with E-state index in [-0.39, 0.29) is 36.6 Å². The molecule has 18 heavy (non-hydrogen) atoms. The lowest BCUT2D eigenvalue weighted by atomic mass is 9.91. The van der Waals surface area contributed by atoms with Crippen LogP contribution in [0.3, 0.4) is 0 Å². The fourth-order valence-corrected chi connectivity index (χ4v) is 2.80. The standard InChI is InChI=1S/C12H18N2O4/c15-10(4-1-5-11(16)17)14-6-2-3-8-9(14)7-13-12(8)18/h8-9H,1-7H2,(H,13,18)(H,16,17). The van der Waals surface area contributed by atoms with E-state index < -0.39 is 5.97 Å². The summed E-state index contributed by atoms with van der Waals surface area (Å²) in [6.45, 7) is 1.22. The molecule has 2 amide bonds. The van der Waals surface area contributed by atoms with Gasteiger partial charge in [-0.05, 0) is 19.3 Å². The molecule has 0 aromatic heterocycles. The number of nitrogens with one attached hydrogen (secondary N) is 1. The van der Waals surface area contributed by atoms with Gasteiger partial charge in [0, 0.05) is 25.9 Å². The third-order valence-corrected chi connectivity index (χ3v) is 3.70. The van der Waals surface area contributed by atoms with Crippen LogP contribution in [0.1, 0.15) is 32.1 Å². The molecule has 2 unspecified atom stereocenters. The third kappa shape index (κ3) is 2.63. The van der Waals surface area contributed by atoms with Crippen molar-refractivity contribution in [2.45, 2.75) is 38.1 Å². The Hall–Kier alpha value is -1.59. The van der Waals surface area contributed by atoms with E-state index in [1.807, 2.05) is 0 Å². The summed E-state index contributed by atoms with van der Waals surface area (Å²) in [6, 6.07) is -0.0245. The second kappa shape index (κ2) is 5.37. The monoisotopic (exact) mass is 254 g/mol. The molecule has 6 heteroatoms. The predicted octanol–water partition coefficient (Wildman–Crippen LogP) is -0.0217. The van der Waals surface area contributed by atoms with Gasteiger partial charge in [0.05, 0.1) is 12.0 Å². The molecular formula is C12H18N2O4. The van der Waals surface area contributed by atoms with Crippen LogP contribution in [-0.4, -0.2) is 46.9 Å². The summed E-state index contributed by atoms with van der Waals surface area (Å²) in [6.07, 6.45) is 2.33. The lowest BCUT2D eigenvalue weighted by Gasteiger charge is -2.36. The van der Waals surface area contributed by atoms with Crippen LogP contribution in [0, 0.1) is 5.92 Å². The first-order valence-corrected chi connectivity index (χ1v) is 6.38.